The Morgan fingerprint density at radius 3 is 2.52 bits per heavy atom. The van der Waals surface area contributed by atoms with Gasteiger partial charge in [-0.3, -0.25) is 0 Å². The van der Waals surface area contributed by atoms with Crippen molar-refractivity contribution in [3.63, 3.8) is 0 Å². The van der Waals surface area contributed by atoms with Crippen LogP contribution in [0.2, 0.25) is 5.02 Å². The second-order valence-corrected chi connectivity index (χ2v) is 6.55. The maximum Gasteiger partial charge on any atom is 0.126 e. The molecule has 0 spiro atoms. The van der Waals surface area contributed by atoms with Gasteiger partial charge < -0.3 is 5.32 Å². The van der Waals surface area contributed by atoms with Crippen molar-refractivity contribution in [1.82, 2.24) is 5.32 Å². The zero-order valence-corrected chi connectivity index (χ0v) is 14.2. The van der Waals surface area contributed by atoms with Crippen molar-refractivity contribution in [1.29, 1.82) is 0 Å². The summed E-state index contributed by atoms with van der Waals surface area (Å²) in [6, 6.07) is 13.0. The van der Waals surface area contributed by atoms with Gasteiger partial charge in [-0.15, -0.1) is 0 Å². The molecule has 0 radical (unpaired) electrons. The summed E-state index contributed by atoms with van der Waals surface area (Å²) in [5, 5.41) is 3.77. The Morgan fingerprint density at radius 2 is 1.86 bits per heavy atom. The number of hydrogen-bond acceptors (Lipinski definition) is 1. The molecule has 0 aliphatic rings. The molecule has 1 nitrogen and oxygen atoms in total. The third kappa shape index (κ3) is 5.10. The molecule has 2 aromatic carbocycles. The minimum Gasteiger partial charge on any atom is -0.319 e. The number of hydrogen-bond donors (Lipinski definition) is 1. The van der Waals surface area contributed by atoms with E-state index in [1.165, 1.54) is 11.6 Å². The molecule has 0 bridgehead atoms. The van der Waals surface area contributed by atoms with Crippen LogP contribution in [0.3, 0.4) is 0 Å². The topological polar surface area (TPSA) is 12.0 Å². The Morgan fingerprint density at radius 1 is 1.14 bits per heavy atom. The fraction of sp³-hybridized carbons (Fsp3) is 0.294. The van der Waals surface area contributed by atoms with Crippen LogP contribution in [-0.4, -0.2) is 13.6 Å². The van der Waals surface area contributed by atoms with E-state index in [1.807, 2.05) is 19.2 Å². The van der Waals surface area contributed by atoms with Gasteiger partial charge in [0.25, 0.3) is 0 Å². The molecule has 0 heterocycles. The summed E-state index contributed by atoms with van der Waals surface area (Å²) < 4.78 is 14.9. The Bertz CT molecular complexity index is 586. The Hall–Kier alpha value is -0.900. The lowest BCUT2D eigenvalue weighted by molar-refractivity contribution is 0.480. The van der Waals surface area contributed by atoms with Gasteiger partial charge in [-0.05, 0) is 73.8 Å². The quantitative estimate of drug-likeness (QED) is 0.765. The molecule has 112 valence electrons. The minimum atomic E-state index is -0.184. The maximum absolute atomic E-state index is 13.9. The summed E-state index contributed by atoms with van der Waals surface area (Å²) in [7, 11) is 1.92. The van der Waals surface area contributed by atoms with E-state index in [-0.39, 0.29) is 5.82 Å². The number of nitrogens with one attached hydrogen (secondary N) is 1. The molecule has 4 heteroatoms. The molecule has 2 aromatic rings. The first-order chi connectivity index (χ1) is 10.1. The molecule has 0 aliphatic carbocycles. The predicted molar refractivity (Wildman–Crippen MR) is 90.4 cm³/mol. The molecule has 2 rings (SSSR count). The van der Waals surface area contributed by atoms with Crippen molar-refractivity contribution < 1.29 is 4.39 Å². The SMILES string of the molecule is CNCC(Cc1ccc(Br)cc1)Cc1cc(Cl)ccc1F. The summed E-state index contributed by atoms with van der Waals surface area (Å²) >= 11 is 9.40. The molecule has 21 heavy (non-hydrogen) atoms. The van der Waals surface area contributed by atoms with Crippen LogP contribution in [0.15, 0.2) is 46.9 Å². The van der Waals surface area contributed by atoms with Crippen LogP contribution in [-0.2, 0) is 12.8 Å². The first-order valence-electron chi connectivity index (χ1n) is 6.91. The average Bonchev–Trinajstić information content (AvgIpc) is 2.45. The standard InChI is InChI=1S/C17H18BrClFN/c1-21-11-13(8-12-2-4-15(18)5-3-12)9-14-10-16(19)6-7-17(14)20/h2-7,10,13,21H,8-9,11H2,1H3. The summed E-state index contributed by atoms with van der Waals surface area (Å²) in [6.45, 7) is 0.835. The van der Waals surface area contributed by atoms with E-state index < -0.39 is 0 Å². The van der Waals surface area contributed by atoms with Gasteiger partial charge in [0, 0.05) is 9.50 Å². The highest BCUT2D eigenvalue weighted by Gasteiger charge is 2.13. The zero-order valence-electron chi connectivity index (χ0n) is 11.9. The van der Waals surface area contributed by atoms with Crippen LogP contribution in [0.5, 0.6) is 0 Å². The van der Waals surface area contributed by atoms with Crippen LogP contribution in [0.4, 0.5) is 4.39 Å². The van der Waals surface area contributed by atoms with Gasteiger partial charge in [-0.25, -0.2) is 4.39 Å². The molecular formula is C17H18BrClFN. The molecule has 0 amide bonds. The highest BCUT2D eigenvalue weighted by molar-refractivity contribution is 9.10. The fourth-order valence-corrected chi connectivity index (χ4v) is 2.93. The Kier molecular flexibility index (Phi) is 6.22. The predicted octanol–water partition coefficient (Wildman–Crippen LogP) is 4.86. The molecule has 0 aromatic heterocycles. The van der Waals surface area contributed by atoms with Crippen LogP contribution < -0.4 is 5.32 Å². The van der Waals surface area contributed by atoms with Gasteiger partial charge in [0.15, 0.2) is 0 Å². The second-order valence-electron chi connectivity index (χ2n) is 5.19. The van der Waals surface area contributed by atoms with Crippen LogP contribution in [0.25, 0.3) is 0 Å². The highest BCUT2D eigenvalue weighted by atomic mass is 79.9. The lowest BCUT2D eigenvalue weighted by atomic mass is 9.92. The molecule has 0 fully saturated rings. The third-order valence-electron chi connectivity index (χ3n) is 3.45. The summed E-state index contributed by atoms with van der Waals surface area (Å²) in [6.07, 6.45) is 1.57. The van der Waals surface area contributed by atoms with Crippen molar-refractivity contribution in [2.24, 2.45) is 5.92 Å². The second kappa shape index (κ2) is 7.92. The number of benzene rings is 2. The van der Waals surface area contributed by atoms with Crippen LogP contribution in [0, 0.1) is 11.7 Å². The summed E-state index contributed by atoms with van der Waals surface area (Å²) in [5.41, 5.74) is 1.93. The molecule has 1 unspecified atom stereocenters. The molecule has 1 atom stereocenters. The minimum absolute atomic E-state index is 0.184. The van der Waals surface area contributed by atoms with Crippen molar-refractivity contribution in [2.45, 2.75) is 12.8 Å². The monoisotopic (exact) mass is 369 g/mol. The van der Waals surface area contributed by atoms with E-state index in [0.29, 0.717) is 22.9 Å². The molecule has 0 saturated carbocycles. The molecular weight excluding hydrogens is 353 g/mol. The number of rotatable bonds is 6. The maximum atomic E-state index is 13.9. The summed E-state index contributed by atoms with van der Waals surface area (Å²) in [5.74, 6) is 0.139. The van der Waals surface area contributed by atoms with Gasteiger partial charge >= 0.3 is 0 Å². The first kappa shape index (κ1) is 16.5. The van der Waals surface area contributed by atoms with Crippen LogP contribution >= 0.6 is 27.5 Å². The smallest absolute Gasteiger partial charge is 0.126 e. The van der Waals surface area contributed by atoms with Gasteiger partial charge in [0.1, 0.15) is 5.82 Å². The molecule has 0 aliphatic heterocycles. The number of halogens is 3. The van der Waals surface area contributed by atoms with Crippen molar-refractivity contribution in [3.8, 4) is 0 Å². The molecule has 1 N–H and O–H groups in total. The van der Waals surface area contributed by atoms with Crippen molar-refractivity contribution in [2.75, 3.05) is 13.6 Å². The lowest BCUT2D eigenvalue weighted by Gasteiger charge is -2.17. The molecule has 0 saturated heterocycles. The van der Waals surface area contributed by atoms with Gasteiger partial charge in [0.05, 0.1) is 0 Å². The van der Waals surface area contributed by atoms with Crippen molar-refractivity contribution in [3.05, 3.63) is 68.9 Å². The largest absolute Gasteiger partial charge is 0.319 e. The van der Waals surface area contributed by atoms with Gasteiger partial charge in [-0.1, -0.05) is 39.7 Å². The van der Waals surface area contributed by atoms with Gasteiger partial charge in [0.2, 0.25) is 0 Å². The van der Waals surface area contributed by atoms with E-state index in [0.717, 1.165) is 17.4 Å². The van der Waals surface area contributed by atoms with E-state index in [4.69, 9.17) is 11.6 Å². The Labute approximate surface area is 138 Å². The summed E-state index contributed by atoms with van der Waals surface area (Å²) in [4.78, 5) is 0. The average molecular weight is 371 g/mol. The highest BCUT2D eigenvalue weighted by Crippen LogP contribution is 2.21. The van der Waals surface area contributed by atoms with Crippen LogP contribution in [0.1, 0.15) is 11.1 Å². The van der Waals surface area contributed by atoms with Crippen molar-refractivity contribution >= 4 is 27.5 Å². The lowest BCUT2D eigenvalue weighted by Crippen LogP contribution is -2.23. The van der Waals surface area contributed by atoms with E-state index in [9.17, 15) is 4.39 Å². The van der Waals surface area contributed by atoms with E-state index >= 15 is 0 Å². The fourth-order valence-electron chi connectivity index (χ4n) is 2.47. The third-order valence-corrected chi connectivity index (χ3v) is 4.21. The normalized spacial score (nSPS) is 12.4. The first-order valence-corrected chi connectivity index (χ1v) is 8.08. The zero-order chi connectivity index (χ0) is 15.2. The van der Waals surface area contributed by atoms with E-state index in [2.05, 4.69) is 33.4 Å². The van der Waals surface area contributed by atoms with E-state index in [1.54, 1.807) is 12.1 Å². The Balaban J connectivity index is 2.11. The van der Waals surface area contributed by atoms with Gasteiger partial charge in [-0.2, -0.15) is 0 Å².